The number of para-hydroxylation sites is 1. The largest absolute Gasteiger partial charge is 0.492 e. The smallest absolute Gasteiger partial charge is 0.339 e. The molecule has 1 aromatic carbocycles. The molecule has 0 radical (unpaired) electrons. The number of aromatic nitrogens is 2. The molecule has 0 aliphatic heterocycles. The Hall–Kier alpha value is -2.30. The van der Waals surface area contributed by atoms with Crippen LogP contribution in [0.15, 0.2) is 36.9 Å². The number of ether oxygens (including phenoxy) is 1. The van der Waals surface area contributed by atoms with E-state index in [0.717, 1.165) is 18.5 Å². The van der Waals surface area contributed by atoms with E-state index >= 15 is 0 Å². The van der Waals surface area contributed by atoms with Crippen LogP contribution in [0.2, 0.25) is 0 Å². The summed E-state index contributed by atoms with van der Waals surface area (Å²) < 4.78 is 7.57. The van der Waals surface area contributed by atoms with Gasteiger partial charge >= 0.3 is 5.97 Å². The normalized spacial score (nSPS) is 10.4. The Kier molecular flexibility index (Phi) is 4.18. The molecule has 0 fully saturated rings. The zero-order valence-corrected chi connectivity index (χ0v) is 10.7. The molecule has 1 N–H and O–H groups in total. The number of aryl methyl sites for hydroxylation is 2. The third-order valence-corrected chi connectivity index (χ3v) is 2.81. The molecule has 19 heavy (non-hydrogen) atoms. The number of carboxylic acid groups (broad SMARTS) is 1. The molecule has 0 spiro atoms. The molecule has 0 unspecified atom stereocenters. The second-order valence-corrected chi connectivity index (χ2v) is 4.26. The standard InChI is InChI=1S/C14H16N2O3/c1-11-4-2-5-12(14(17)18)13(11)19-9-3-7-16-8-6-15-10-16/h2,4-6,8,10H,3,7,9H2,1H3,(H,17,18). The molecule has 0 saturated carbocycles. The number of carboxylic acids is 1. The second kappa shape index (κ2) is 6.04. The first-order chi connectivity index (χ1) is 9.18. The van der Waals surface area contributed by atoms with Crippen molar-refractivity contribution in [3.63, 3.8) is 0 Å². The summed E-state index contributed by atoms with van der Waals surface area (Å²) >= 11 is 0. The van der Waals surface area contributed by atoms with Gasteiger partial charge in [0.15, 0.2) is 0 Å². The van der Waals surface area contributed by atoms with Gasteiger partial charge in [-0.2, -0.15) is 0 Å². The Morgan fingerprint density at radius 2 is 2.32 bits per heavy atom. The molecule has 2 aromatic rings. The molecule has 0 bridgehead atoms. The highest BCUT2D eigenvalue weighted by atomic mass is 16.5. The topological polar surface area (TPSA) is 64.3 Å². The van der Waals surface area contributed by atoms with Crippen LogP contribution in [0.5, 0.6) is 5.75 Å². The van der Waals surface area contributed by atoms with Gasteiger partial charge in [0.1, 0.15) is 11.3 Å². The van der Waals surface area contributed by atoms with Crippen LogP contribution in [0, 0.1) is 6.92 Å². The summed E-state index contributed by atoms with van der Waals surface area (Å²) in [5.41, 5.74) is 1.05. The number of benzene rings is 1. The van der Waals surface area contributed by atoms with Gasteiger partial charge in [-0.1, -0.05) is 12.1 Å². The van der Waals surface area contributed by atoms with E-state index in [0.29, 0.717) is 12.4 Å². The van der Waals surface area contributed by atoms with Gasteiger partial charge in [0, 0.05) is 18.9 Å². The molecular weight excluding hydrogens is 244 g/mol. The van der Waals surface area contributed by atoms with Gasteiger partial charge in [-0.05, 0) is 25.0 Å². The maximum Gasteiger partial charge on any atom is 0.339 e. The van der Waals surface area contributed by atoms with E-state index in [1.54, 1.807) is 24.7 Å². The van der Waals surface area contributed by atoms with E-state index in [4.69, 9.17) is 9.84 Å². The predicted molar refractivity (Wildman–Crippen MR) is 70.5 cm³/mol. The van der Waals surface area contributed by atoms with Gasteiger partial charge < -0.3 is 14.4 Å². The molecule has 0 atom stereocenters. The van der Waals surface area contributed by atoms with Crippen molar-refractivity contribution in [1.29, 1.82) is 0 Å². The van der Waals surface area contributed by atoms with Gasteiger partial charge in [0.25, 0.3) is 0 Å². The fourth-order valence-corrected chi connectivity index (χ4v) is 1.85. The highest BCUT2D eigenvalue weighted by Crippen LogP contribution is 2.23. The highest BCUT2D eigenvalue weighted by Gasteiger charge is 2.12. The second-order valence-electron chi connectivity index (χ2n) is 4.26. The first kappa shape index (κ1) is 13.1. The quantitative estimate of drug-likeness (QED) is 0.810. The lowest BCUT2D eigenvalue weighted by atomic mass is 10.1. The van der Waals surface area contributed by atoms with Crippen molar-refractivity contribution in [2.75, 3.05) is 6.61 Å². The van der Waals surface area contributed by atoms with Gasteiger partial charge in [-0.25, -0.2) is 9.78 Å². The fourth-order valence-electron chi connectivity index (χ4n) is 1.85. The molecular formula is C14H16N2O3. The molecule has 1 aromatic heterocycles. The van der Waals surface area contributed by atoms with Crippen molar-refractivity contribution in [2.45, 2.75) is 19.9 Å². The van der Waals surface area contributed by atoms with Crippen LogP contribution >= 0.6 is 0 Å². The number of rotatable bonds is 6. The first-order valence-electron chi connectivity index (χ1n) is 6.10. The van der Waals surface area contributed by atoms with Crippen molar-refractivity contribution in [1.82, 2.24) is 9.55 Å². The van der Waals surface area contributed by atoms with Crippen molar-refractivity contribution >= 4 is 5.97 Å². The van der Waals surface area contributed by atoms with Crippen molar-refractivity contribution < 1.29 is 14.6 Å². The fraction of sp³-hybridized carbons (Fsp3) is 0.286. The monoisotopic (exact) mass is 260 g/mol. The van der Waals surface area contributed by atoms with E-state index < -0.39 is 5.97 Å². The number of hydrogen-bond donors (Lipinski definition) is 1. The Morgan fingerprint density at radius 1 is 1.47 bits per heavy atom. The summed E-state index contributed by atoms with van der Waals surface area (Å²) in [7, 11) is 0. The number of nitrogens with zero attached hydrogens (tertiary/aromatic N) is 2. The lowest BCUT2D eigenvalue weighted by Gasteiger charge is -2.11. The molecule has 100 valence electrons. The van der Waals surface area contributed by atoms with Crippen LogP contribution in [0.1, 0.15) is 22.3 Å². The molecule has 0 amide bonds. The molecule has 0 saturated heterocycles. The van der Waals surface area contributed by atoms with Crippen LogP contribution < -0.4 is 4.74 Å². The van der Waals surface area contributed by atoms with Gasteiger partial charge in [0.05, 0.1) is 12.9 Å². The van der Waals surface area contributed by atoms with Gasteiger partial charge in [-0.15, -0.1) is 0 Å². The van der Waals surface area contributed by atoms with Crippen molar-refractivity contribution in [3.8, 4) is 5.75 Å². The summed E-state index contributed by atoms with van der Waals surface area (Å²) in [6, 6.07) is 5.12. The summed E-state index contributed by atoms with van der Waals surface area (Å²) in [5.74, 6) is -0.506. The van der Waals surface area contributed by atoms with E-state index in [1.807, 2.05) is 23.8 Å². The highest BCUT2D eigenvalue weighted by molar-refractivity contribution is 5.91. The van der Waals surface area contributed by atoms with Crippen LogP contribution in [-0.4, -0.2) is 27.2 Å². The molecule has 5 nitrogen and oxygen atoms in total. The maximum absolute atomic E-state index is 11.1. The Balaban J connectivity index is 1.93. The summed E-state index contributed by atoms with van der Waals surface area (Å²) in [5, 5.41) is 9.10. The molecule has 2 rings (SSSR count). The third kappa shape index (κ3) is 3.34. The Bertz CT molecular complexity index is 550. The van der Waals surface area contributed by atoms with Crippen LogP contribution in [-0.2, 0) is 6.54 Å². The van der Waals surface area contributed by atoms with Crippen molar-refractivity contribution in [3.05, 3.63) is 48.0 Å². The van der Waals surface area contributed by atoms with Gasteiger partial charge in [0.2, 0.25) is 0 Å². The maximum atomic E-state index is 11.1. The lowest BCUT2D eigenvalue weighted by molar-refractivity contribution is 0.0692. The first-order valence-corrected chi connectivity index (χ1v) is 6.10. The Morgan fingerprint density at radius 3 is 3.00 bits per heavy atom. The molecule has 5 heteroatoms. The summed E-state index contributed by atoms with van der Waals surface area (Å²) in [6.07, 6.45) is 6.15. The third-order valence-electron chi connectivity index (χ3n) is 2.81. The molecule has 0 aliphatic carbocycles. The average Bonchev–Trinajstić information content (AvgIpc) is 2.88. The zero-order chi connectivity index (χ0) is 13.7. The van der Waals surface area contributed by atoms with Crippen LogP contribution in [0.4, 0.5) is 0 Å². The number of aromatic carboxylic acids is 1. The number of hydrogen-bond acceptors (Lipinski definition) is 3. The number of carbonyl (C=O) groups is 1. The summed E-state index contributed by atoms with van der Waals surface area (Å²) in [6.45, 7) is 3.12. The van der Waals surface area contributed by atoms with E-state index in [2.05, 4.69) is 4.98 Å². The Labute approximate surface area is 111 Å². The predicted octanol–water partition coefficient (Wildman–Crippen LogP) is 2.36. The van der Waals surface area contributed by atoms with E-state index in [1.165, 1.54) is 0 Å². The van der Waals surface area contributed by atoms with E-state index in [-0.39, 0.29) is 5.56 Å². The lowest BCUT2D eigenvalue weighted by Crippen LogP contribution is -2.08. The minimum atomic E-state index is -0.965. The minimum Gasteiger partial charge on any atom is -0.492 e. The molecule has 1 heterocycles. The van der Waals surface area contributed by atoms with Crippen molar-refractivity contribution in [2.24, 2.45) is 0 Å². The molecule has 0 aliphatic rings. The minimum absolute atomic E-state index is 0.211. The zero-order valence-electron chi connectivity index (χ0n) is 10.7. The summed E-state index contributed by atoms with van der Waals surface area (Å²) in [4.78, 5) is 15.1. The van der Waals surface area contributed by atoms with Crippen LogP contribution in [0.25, 0.3) is 0 Å². The van der Waals surface area contributed by atoms with Crippen LogP contribution in [0.3, 0.4) is 0 Å². The average molecular weight is 260 g/mol. The SMILES string of the molecule is Cc1cccc(C(=O)O)c1OCCCn1ccnc1. The number of imidazole rings is 1. The van der Waals surface area contributed by atoms with E-state index in [9.17, 15) is 4.79 Å². The van der Waals surface area contributed by atoms with Gasteiger partial charge in [-0.3, -0.25) is 0 Å².